The average molecular weight is 453 g/mol. The first-order valence-corrected chi connectivity index (χ1v) is 12.4. The van der Waals surface area contributed by atoms with E-state index in [1.807, 2.05) is 0 Å². The van der Waals surface area contributed by atoms with Crippen LogP contribution in [-0.4, -0.2) is 53.5 Å². The number of methoxy groups -OCH3 is 1. The lowest BCUT2D eigenvalue weighted by Crippen LogP contribution is -2.39. The number of alkyl carbamates (subject to hydrolysis) is 1. The Bertz CT molecular complexity index is 788. The van der Waals surface area contributed by atoms with Gasteiger partial charge in [0.1, 0.15) is 5.75 Å². The Kier molecular flexibility index (Phi) is 10.1. The Morgan fingerprint density at radius 1 is 1.07 bits per heavy atom. The number of benzene rings is 1. The second-order valence-corrected chi connectivity index (χ2v) is 9.39. The van der Waals surface area contributed by atoms with E-state index in [0.29, 0.717) is 11.3 Å². The van der Waals surface area contributed by atoms with Crippen LogP contribution in [0.5, 0.6) is 5.75 Å². The van der Waals surface area contributed by atoms with Crippen LogP contribution in [0.3, 0.4) is 0 Å². The molecule has 0 bridgehead atoms. The third-order valence-corrected chi connectivity index (χ3v) is 6.47. The lowest BCUT2D eigenvalue weighted by atomic mass is 10.1. The fourth-order valence-electron chi connectivity index (χ4n) is 2.44. The Morgan fingerprint density at radius 2 is 1.62 bits per heavy atom. The van der Waals surface area contributed by atoms with Gasteiger partial charge in [-0.15, -0.1) is 0 Å². The molecule has 166 valence electrons. The van der Waals surface area contributed by atoms with Crippen molar-refractivity contribution in [1.29, 1.82) is 0 Å². The van der Waals surface area contributed by atoms with Gasteiger partial charge in [0.05, 0.1) is 39.2 Å². The summed E-state index contributed by atoms with van der Waals surface area (Å²) in [5.41, 5.74) is 0.382. The molecule has 12 heteroatoms. The summed E-state index contributed by atoms with van der Waals surface area (Å²) in [6.45, 7) is 4.77. The predicted octanol–water partition coefficient (Wildman–Crippen LogP) is 3.05. The first-order valence-electron chi connectivity index (χ1n) is 8.94. The fourth-order valence-corrected chi connectivity index (χ4v) is 5.50. The fraction of sp³-hybridized carbons (Fsp3) is 0.588. The van der Waals surface area contributed by atoms with Crippen LogP contribution in [0.25, 0.3) is 0 Å². The summed E-state index contributed by atoms with van der Waals surface area (Å²) in [6.07, 6.45) is -0.0486. The smallest absolute Gasteiger partial charge is 0.407 e. The maximum absolute atomic E-state index is 13.4. The Labute approximate surface area is 171 Å². The molecule has 2 atom stereocenters. The summed E-state index contributed by atoms with van der Waals surface area (Å²) >= 11 is 0. The monoisotopic (exact) mass is 453 g/mol. The van der Waals surface area contributed by atoms with Crippen LogP contribution in [0.2, 0.25) is 0 Å². The molecule has 0 heterocycles. The van der Waals surface area contributed by atoms with E-state index in [1.165, 1.54) is 7.11 Å². The van der Waals surface area contributed by atoms with Crippen molar-refractivity contribution in [2.75, 3.05) is 33.2 Å². The molecule has 1 N–H and O–H groups in total. The van der Waals surface area contributed by atoms with Crippen LogP contribution < -0.4 is 10.1 Å². The highest BCUT2D eigenvalue weighted by molar-refractivity contribution is 7.86. The zero-order valence-electron chi connectivity index (χ0n) is 17.1. The second kappa shape index (κ2) is 11.5. The summed E-state index contributed by atoms with van der Waals surface area (Å²) in [4.78, 5) is 12.1. The van der Waals surface area contributed by atoms with Crippen molar-refractivity contribution < 1.29 is 40.5 Å². The molecule has 0 unspecified atom stereocenters. The van der Waals surface area contributed by atoms with E-state index in [1.54, 1.807) is 45.0 Å². The van der Waals surface area contributed by atoms with E-state index in [2.05, 4.69) is 5.32 Å². The van der Waals surface area contributed by atoms with Gasteiger partial charge in [0.15, 0.2) is 0 Å². The number of hydrogen-bond acceptors (Lipinski definition) is 9. The zero-order chi connectivity index (χ0) is 22.1. The molecule has 1 aromatic rings. The van der Waals surface area contributed by atoms with E-state index < -0.39 is 35.7 Å². The van der Waals surface area contributed by atoms with Gasteiger partial charge in [-0.2, -0.15) is 8.42 Å². The maximum atomic E-state index is 13.4. The molecule has 0 fully saturated rings. The maximum Gasteiger partial charge on any atom is 0.407 e. The minimum absolute atomic E-state index is 0.0321. The number of amides is 1. The molecule has 1 amide bonds. The molecule has 0 aromatic heterocycles. The Morgan fingerprint density at radius 3 is 2.03 bits per heavy atom. The summed E-state index contributed by atoms with van der Waals surface area (Å²) < 4.78 is 63.0. The molecule has 0 aliphatic carbocycles. The zero-order valence-corrected chi connectivity index (χ0v) is 18.8. The van der Waals surface area contributed by atoms with Crippen LogP contribution in [0.4, 0.5) is 4.79 Å². The van der Waals surface area contributed by atoms with Crippen molar-refractivity contribution in [3.05, 3.63) is 29.8 Å². The quantitative estimate of drug-likeness (QED) is 0.375. The lowest BCUT2D eigenvalue weighted by molar-refractivity contribution is 0.123. The third kappa shape index (κ3) is 7.94. The van der Waals surface area contributed by atoms with Gasteiger partial charge in [-0.05, 0) is 38.5 Å². The number of carbonyl (C=O) groups is 1. The number of ether oxygens (including phenoxy) is 2. The molecule has 0 aliphatic rings. The summed E-state index contributed by atoms with van der Waals surface area (Å²) in [7, 11) is -6.77. The molecule has 29 heavy (non-hydrogen) atoms. The molecule has 0 aliphatic heterocycles. The van der Waals surface area contributed by atoms with E-state index in [4.69, 9.17) is 22.7 Å². The molecule has 1 aromatic carbocycles. The highest BCUT2D eigenvalue weighted by Crippen LogP contribution is 2.57. The molecular formula is C17H28NO9PS. The topological polar surface area (TPSA) is 126 Å². The first kappa shape index (κ1) is 25.4. The van der Waals surface area contributed by atoms with E-state index in [0.717, 1.165) is 6.26 Å². The van der Waals surface area contributed by atoms with Crippen molar-refractivity contribution >= 4 is 23.8 Å². The van der Waals surface area contributed by atoms with Crippen molar-refractivity contribution in [3.8, 4) is 5.75 Å². The summed E-state index contributed by atoms with van der Waals surface area (Å²) in [5.74, 6) is -1.16. The number of nitrogens with one attached hydrogen (secondary N) is 1. The first-order chi connectivity index (χ1) is 13.6. The Hall–Kier alpha value is -1.65. The molecule has 10 nitrogen and oxygen atoms in total. The van der Waals surface area contributed by atoms with Gasteiger partial charge < -0.3 is 23.8 Å². The lowest BCUT2D eigenvalue weighted by Gasteiger charge is -2.32. The second-order valence-electron chi connectivity index (χ2n) is 5.68. The van der Waals surface area contributed by atoms with Gasteiger partial charge in [-0.1, -0.05) is 12.1 Å². The van der Waals surface area contributed by atoms with Crippen LogP contribution in [0, 0.1) is 0 Å². The third-order valence-electron chi connectivity index (χ3n) is 3.51. The highest BCUT2D eigenvalue weighted by atomic mass is 32.2. The molecule has 0 saturated carbocycles. The van der Waals surface area contributed by atoms with Crippen LogP contribution >= 0.6 is 7.60 Å². The molecule has 0 spiro atoms. The Balaban J connectivity index is 3.53. The van der Waals surface area contributed by atoms with E-state index in [-0.39, 0.29) is 19.8 Å². The van der Waals surface area contributed by atoms with Gasteiger partial charge in [-0.25, -0.2) is 4.79 Å². The molecule has 1 rings (SSSR count). The molecule has 0 saturated heterocycles. The van der Waals surface area contributed by atoms with Crippen LogP contribution in [-0.2, 0) is 32.7 Å². The standard InChI is InChI=1S/C17H28NO9PS/c1-6-24-17(19)18-15(13-9-11-14(23-4)12-10-13)16(27-29(5,21)22)28(20,25-7-2)26-8-3/h9-12,15-16H,6-8H2,1-5H3,(H,18,19)/t15-,16-/m1/s1. The van der Waals surface area contributed by atoms with E-state index in [9.17, 15) is 17.8 Å². The van der Waals surface area contributed by atoms with Gasteiger partial charge in [0.2, 0.25) is 5.85 Å². The van der Waals surface area contributed by atoms with Crippen molar-refractivity contribution in [2.45, 2.75) is 32.7 Å². The summed E-state index contributed by atoms with van der Waals surface area (Å²) in [5, 5.41) is 2.49. The highest BCUT2D eigenvalue weighted by Gasteiger charge is 2.46. The number of rotatable bonds is 12. The normalized spacial score (nSPS) is 14.1. The minimum Gasteiger partial charge on any atom is -0.497 e. The van der Waals surface area contributed by atoms with Crippen molar-refractivity contribution in [1.82, 2.24) is 5.32 Å². The van der Waals surface area contributed by atoms with Crippen molar-refractivity contribution in [3.63, 3.8) is 0 Å². The largest absolute Gasteiger partial charge is 0.497 e. The van der Waals surface area contributed by atoms with Crippen molar-refractivity contribution in [2.24, 2.45) is 0 Å². The predicted molar refractivity (Wildman–Crippen MR) is 106 cm³/mol. The summed E-state index contributed by atoms with van der Waals surface area (Å²) in [6, 6.07) is 5.10. The van der Waals surface area contributed by atoms with E-state index >= 15 is 0 Å². The van der Waals surface area contributed by atoms with Gasteiger partial charge in [-0.3, -0.25) is 8.75 Å². The number of hydrogen-bond donors (Lipinski definition) is 1. The average Bonchev–Trinajstić information content (AvgIpc) is 2.64. The van der Waals surface area contributed by atoms with Crippen LogP contribution in [0.15, 0.2) is 24.3 Å². The van der Waals surface area contributed by atoms with Crippen LogP contribution in [0.1, 0.15) is 32.4 Å². The number of carbonyl (C=O) groups excluding carboxylic acids is 1. The minimum atomic E-state index is -4.14. The molecular weight excluding hydrogens is 425 g/mol. The van der Waals surface area contributed by atoms with Gasteiger partial charge in [0.25, 0.3) is 10.1 Å². The van der Waals surface area contributed by atoms with Gasteiger partial charge >= 0.3 is 13.7 Å². The van der Waals surface area contributed by atoms with Gasteiger partial charge in [0, 0.05) is 0 Å². The molecule has 0 radical (unpaired) electrons. The SMILES string of the molecule is CCOC(=O)N[C@H](c1ccc(OC)cc1)[C@H](OS(C)(=O)=O)P(=O)(OCC)OCC.